The molecule has 1 aromatic carbocycles. The van der Waals surface area contributed by atoms with Gasteiger partial charge in [0.2, 0.25) is 0 Å². The fourth-order valence-electron chi connectivity index (χ4n) is 2.75. The average Bonchev–Trinajstić information content (AvgIpc) is 2.83. The predicted octanol–water partition coefficient (Wildman–Crippen LogP) is 4.20. The van der Waals surface area contributed by atoms with Crippen LogP contribution in [0.1, 0.15) is 37.8 Å². The maximum Gasteiger partial charge on any atom is 0.104 e. The molecule has 19 heavy (non-hydrogen) atoms. The van der Waals surface area contributed by atoms with Crippen LogP contribution in [0.25, 0.3) is 17.0 Å². The van der Waals surface area contributed by atoms with E-state index < -0.39 is 0 Å². The molecule has 2 heteroatoms. The molecular weight excluding hydrogens is 234 g/mol. The standard InChI is InChI=1S/C17H19NO/c1-19-18-16(12-11-14-7-3-2-4-8-14)13-15-9-5-6-10-17(15)18/h5-6,9-10,12-13H,2-4,7-8H2,1H3. The first-order valence-electron chi connectivity index (χ1n) is 6.98. The summed E-state index contributed by atoms with van der Waals surface area (Å²) in [7, 11) is 1.71. The van der Waals surface area contributed by atoms with Gasteiger partial charge in [0, 0.05) is 11.5 Å². The largest absolute Gasteiger partial charge is 0.417 e. The highest BCUT2D eigenvalue weighted by Gasteiger charge is 2.07. The lowest BCUT2D eigenvalue weighted by molar-refractivity contribution is 0.177. The van der Waals surface area contributed by atoms with Gasteiger partial charge in [-0.1, -0.05) is 24.6 Å². The SMILES string of the molecule is COn1c(C=C=C2CCCCC2)cc2ccccc21. The number of benzene rings is 1. The zero-order chi connectivity index (χ0) is 13.1. The Morgan fingerprint density at radius 2 is 1.95 bits per heavy atom. The molecule has 3 rings (SSSR count). The highest BCUT2D eigenvalue weighted by molar-refractivity contribution is 5.83. The van der Waals surface area contributed by atoms with Crippen molar-refractivity contribution in [3.63, 3.8) is 0 Å². The van der Waals surface area contributed by atoms with Crippen molar-refractivity contribution in [2.75, 3.05) is 7.11 Å². The summed E-state index contributed by atoms with van der Waals surface area (Å²) in [5.41, 5.74) is 7.07. The lowest BCUT2D eigenvalue weighted by atomic mass is 9.96. The molecule has 1 heterocycles. The second-order valence-electron chi connectivity index (χ2n) is 5.06. The topological polar surface area (TPSA) is 14.2 Å². The first kappa shape index (κ1) is 12.1. The van der Waals surface area contributed by atoms with Crippen LogP contribution in [0.4, 0.5) is 0 Å². The van der Waals surface area contributed by atoms with E-state index in [0.717, 1.165) is 11.2 Å². The summed E-state index contributed by atoms with van der Waals surface area (Å²) in [5.74, 6) is 0. The van der Waals surface area contributed by atoms with Gasteiger partial charge in [0.15, 0.2) is 0 Å². The smallest absolute Gasteiger partial charge is 0.104 e. The predicted molar refractivity (Wildman–Crippen MR) is 79.0 cm³/mol. The summed E-state index contributed by atoms with van der Waals surface area (Å²) in [6, 6.07) is 10.4. The number of fused-ring (bicyclic) bond motifs is 1. The van der Waals surface area contributed by atoms with Crippen LogP contribution in [0.5, 0.6) is 0 Å². The lowest BCUT2D eigenvalue weighted by Crippen LogP contribution is -2.06. The van der Waals surface area contributed by atoms with Gasteiger partial charge in [0.25, 0.3) is 0 Å². The minimum atomic E-state index is 1.06. The highest BCUT2D eigenvalue weighted by Crippen LogP contribution is 2.23. The summed E-state index contributed by atoms with van der Waals surface area (Å²) in [5, 5.41) is 1.20. The third kappa shape index (κ3) is 2.45. The molecule has 1 fully saturated rings. The Kier molecular flexibility index (Phi) is 3.43. The fraction of sp³-hybridized carbons (Fsp3) is 0.353. The number of allylic oxidation sites excluding steroid dienone is 1. The molecule has 0 N–H and O–H groups in total. The van der Waals surface area contributed by atoms with E-state index >= 15 is 0 Å². The van der Waals surface area contributed by atoms with E-state index in [2.05, 4.69) is 36.1 Å². The van der Waals surface area contributed by atoms with E-state index in [1.54, 1.807) is 7.11 Å². The minimum Gasteiger partial charge on any atom is -0.417 e. The Hall–Kier alpha value is -1.92. The molecule has 0 aliphatic heterocycles. The van der Waals surface area contributed by atoms with E-state index in [1.807, 2.05) is 10.8 Å². The van der Waals surface area contributed by atoms with Crippen LogP contribution in [0, 0.1) is 0 Å². The molecule has 0 radical (unpaired) electrons. The Morgan fingerprint density at radius 1 is 1.16 bits per heavy atom. The second kappa shape index (κ2) is 5.38. The molecule has 1 aliphatic rings. The number of rotatable bonds is 2. The molecule has 0 atom stereocenters. The highest BCUT2D eigenvalue weighted by atomic mass is 16.6. The molecule has 0 unspecified atom stereocenters. The van der Waals surface area contributed by atoms with Crippen LogP contribution in [0.3, 0.4) is 0 Å². The second-order valence-corrected chi connectivity index (χ2v) is 5.06. The van der Waals surface area contributed by atoms with Crippen LogP contribution in [-0.4, -0.2) is 11.8 Å². The van der Waals surface area contributed by atoms with Gasteiger partial charge < -0.3 is 4.84 Å². The molecule has 2 nitrogen and oxygen atoms in total. The van der Waals surface area contributed by atoms with Crippen molar-refractivity contribution < 1.29 is 4.84 Å². The number of hydrogen-bond donors (Lipinski definition) is 0. The number of aromatic nitrogens is 1. The maximum absolute atomic E-state index is 5.47. The van der Waals surface area contributed by atoms with Gasteiger partial charge >= 0.3 is 0 Å². The Morgan fingerprint density at radius 3 is 2.74 bits per heavy atom. The van der Waals surface area contributed by atoms with Gasteiger partial charge in [-0.05, 0) is 43.4 Å². The number of hydrogen-bond acceptors (Lipinski definition) is 1. The first-order chi connectivity index (χ1) is 9.38. The molecule has 98 valence electrons. The average molecular weight is 253 g/mol. The van der Waals surface area contributed by atoms with E-state index in [9.17, 15) is 0 Å². The van der Waals surface area contributed by atoms with E-state index in [1.165, 1.54) is 43.1 Å². The van der Waals surface area contributed by atoms with Gasteiger partial charge in [0.1, 0.15) is 7.11 Å². The summed E-state index contributed by atoms with van der Waals surface area (Å²) in [6.07, 6.45) is 8.44. The van der Waals surface area contributed by atoms with Crippen molar-refractivity contribution in [1.82, 2.24) is 4.73 Å². The molecule has 2 aromatic rings. The summed E-state index contributed by atoms with van der Waals surface area (Å²) < 4.78 is 1.87. The van der Waals surface area contributed by atoms with Crippen LogP contribution >= 0.6 is 0 Å². The zero-order valence-corrected chi connectivity index (χ0v) is 11.4. The van der Waals surface area contributed by atoms with Gasteiger partial charge in [-0.25, -0.2) is 0 Å². The van der Waals surface area contributed by atoms with Gasteiger partial charge in [-0.2, -0.15) is 4.73 Å². The van der Waals surface area contributed by atoms with Crippen molar-refractivity contribution in [2.45, 2.75) is 32.1 Å². The number of para-hydroxylation sites is 1. The molecule has 0 spiro atoms. The normalized spacial score (nSPS) is 15.3. The van der Waals surface area contributed by atoms with Crippen LogP contribution in [0.2, 0.25) is 0 Å². The van der Waals surface area contributed by atoms with Gasteiger partial charge in [0.05, 0.1) is 11.2 Å². The Labute approximate surface area is 113 Å². The lowest BCUT2D eigenvalue weighted by Gasteiger charge is -2.10. The van der Waals surface area contributed by atoms with Gasteiger partial charge in [-0.3, -0.25) is 0 Å². The third-order valence-corrected chi connectivity index (χ3v) is 3.76. The minimum absolute atomic E-state index is 1.06. The zero-order valence-electron chi connectivity index (χ0n) is 11.4. The molecule has 0 saturated heterocycles. The molecule has 0 amide bonds. The quantitative estimate of drug-likeness (QED) is 0.731. The van der Waals surface area contributed by atoms with Crippen LogP contribution in [-0.2, 0) is 0 Å². The third-order valence-electron chi connectivity index (χ3n) is 3.76. The van der Waals surface area contributed by atoms with Crippen molar-refractivity contribution >= 4 is 17.0 Å². The van der Waals surface area contributed by atoms with Gasteiger partial charge in [-0.15, -0.1) is 5.73 Å². The number of nitrogens with zero attached hydrogens (tertiary/aromatic N) is 1. The van der Waals surface area contributed by atoms with Crippen molar-refractivity contribution in [1.29, 1.82) is 0 Å². The van der Waals surface area contributed by atoms with Crippen molar-refractivity contribution in [3.05, 3.63) is 47.3 Å². The van der Waals surface area contributed by atoms with Crippen molar-refractivity contribution in [3.8, 4) is 0 Å². The fourth-order valence-corrected chi connectivity index (χ4v) is 2.75. The Balaban J connectivity index is 2.02. The maximum atomic E-state index is 5.47. The van der Waals surface area contributed by atoms with Crippen LogP contribution < -0.4 is 4.84 Å². The van der Waals surface area contributed by atoms with E-state index in [0.29, 0.717) is 0 Å². The van der Waals surface area contributed by atoms with Crippen LogP contribution in [0.15, 0.2) is 41.6 Å². The first-order valence-corrected chi connectivity index (χ1v) is 6.98. The molecule has 1 saturated carbocycles. The monoisotopic (exact) mass is 253 g/mol. The van der Waals surface area contributed by atoms with E-state index in [-0.39, 0.29) is 0 Å². The van der Waals surface area contributed by atoms with Crippen molar-refractivity contribution in [2.24, 2.45) is 0 Å². The van der Waals surface area contributed by atoms with E-state index in [4.69, 9.17) is 4.84 Å². The summed E-state index contributed by atoms with van der Waals surface area (Å²) >= 11 is 0. The molecule has 1 aliphatic carbocycles. The molecular formula is C17H19NO. The summed E-state index contributed by atoms with van der Waals surface area (Å²) in [4.78, 5) is 5.47. The molecule has 1 aromatic heterocycles. The Bertz CT molecular complexity index is 636. The summed E-state index contributed by atoms with van der Waals surface area (Å²) in [6.45, 7) is 0. The molecule has 0 bridgehead atoms.